The van der Waals surface area contributed by atoms with Gasteiger partial charge >= 0.3 is 12.1 Å². The summed E-state index contributed by atoms with van der Waals surface area (Å²) < 4.78 is 11.0. The minimum atomic E-state index is -0.519. The molecule has 0 fully saturated rings. The predicted octanol–water partition coefficient (Wildman–Crippen LogP) is 5.04. The Balaban J connectivity index is 1.31. The Morgan fingerprint density at radius 3 is 2.74 bits per heavy atom. The average Bonchev–Trinajstić information content (AvgIpc) is 2.85. The number of nitrogens with zero attached hydrogens (tertiary/aromatic N) is 2. The second-order valence-corrected chi connectivity index (χ2v) is 8.51. The maximum Gasteiger partial charge on any atom is 0.407 e. The molecule has 178 valence electrons. The second-order valence-electron chi connectivity index (χ2n) is 8.51. The summed E-state index contributed by atoms with van der Waals surface area (Å²) in [5.41, 5.74) is 2.97. The van der Waals surface area contributed by atoms with Crippen molar-refractivity contribution >= 4 is 28.5 Å². The van der Waals surface area contributed by atoms with E-state index in [2.05, 4.69) is 35.1 Å². The molecule has 7 nitrogen and oxygen atoms in total. The zero-order chi connectivity index (χ0) is 24.1. The molecule has 0 bridgehead atoms. The SMILES string of the molecule is CCN(CC)c1ccc2c(c1)OC(=O)C(CCOC(=O)NCc1cncc3ccccc13)C2C. The third-order valence-corrected chi connectivity index (χ3v) is 6.57. The number of pyridine rings is 1. The van der Waals surface area contributed by atoms with Crippen LogP contribution in [0.25, 0.3) is 10.8 Å². The van der Waals surface area contributed by atoms with Gasteiger partial charge in [0.25, 0.3) is 0 Å². The van der Waals surface area contributed by atoms with Crippen LogP contribution in [-0.4, -0.2) is 36.7 Å². The van der Waals surface area contributed by atoms with Crippen LogP contribution in [0.1, 0.15) is 44.2 Å². The van der Waals surface area contributed by atoms with Gasteiger partial charge < -0.3 is 19.7 Å². The lowest BCUT2D eigenvalue weighted by Crippen LogP contribution is -2.32. The lowest BCUT2D eigenvalue weighted by atomic mass is 9.83. The van der Waals surface area contributed by atoms with Crippen molar-refractivity contribution in [2.24, 2.45) is 5.92 Å². The summed E-state index contributed by atoms with van der Waals surface area (Å²) in [6.07, 6.45) is 3.42. The van der Waals surface area contributed by atoms with Gasteiger partial charge in [0.05, 0.1) is 12.5 Å². The van der Waals surface area contributed by atoms with Crippen LogP contribution < -0.4 is 15.0 Å². The minimum absolute atomic E-state index is 0.0181. The summed E-state index contributed by atoms with van der Waals surface area (Å²) in [6, 6.07) is 13.9. The first-order valence-corrected chi connectivity index (χ1v) is 11.8. The average molecular weight is 462 g/mol. The van der Waals surface area contributed by atoms with Crippen molar-refractivity contribution in [2.45, 2.75) is 39.7 Å². The fraction of sp³-hybridized carbons (Fsp3) is 0.370. The van der Waals surface area contributed by atoms with Gasteiger partial charge in [0.2, 0.25) is 0 Å². The Kier molecular flexibility index (Phi) is 7.30. The topological polar surface area (TPSA) is 80.8 Å². The maximum atomic E-state index is 12.7. The van der Waals surface area contributed by atoms with E-state index in [1.165, 1.54) is 0 Å². The van der Waals surface area contributed by atoms with Crippen molar-refractivity contribution < 1.29 is 19.1 Å². The Morgan fingerprint density at radius 1 is 1.15 bits per heavy atom. The van der Waals surface area contributed by atoms with Gasteiger partial charge in [-0.25, -0.2) is 4.79 Å². The highest BCUT2D eigenvalue weighted by molar-refractivity contribution is 5.85. The van der Waals surface area contributed by atoms with Crippen molar-refractivity contribution in [3.05, 3.63) is 66.0 Å². The van der Waals surface area contributed by atoms with Crippen molar-refractivity contribution in [1.82, 2.24) is 10.3 Å². The number of alkyl carbamates (subject to hydrolysis) is 1. The molecule has 0 saturated heterocycles. The van der Waals surface area contributed by atoms with E-state index < -0.39 is 6.09 Å². The van der Waals surface area contributed by atoms with Crippen molar-refractivity contribution in [3.8, 4) is 5.75 Å². The Hall–Kier alpha value is -3.61. The highest BCUT2D eigenvalue weighted by atomic mass is 16.6. The summed E-state index contributed by atoms with van der Waals surface area (Å²) in [5, 5.41) is 4.83. The van der Waals surface area contributed by atoms with Crippen molar-refractivity contribution in [3.63, 3.8) is 0 Å². The van der Waals surface area contributed by atoms with E-state index in [9.17, 15) is 9.59 Å². The predicted molar refractivity (Wildman–Crippen MR) is 132 cm³/mol. The molecule has 4 rings (SSSR count). The number of aromatic nitrogens is 1. The molecule has 0 spiro atoms. The van der Waals surface area contributed by atoms with Gasteiger partial charge in [0.1, 0.15) is 5.75 Å². The highest BCUT2D eigenvalue weighted by Gasteiger charge is 2.35. The molecule has 0 aliphatic carbocycles. The number of anilines is 1. The van der Waals surface area contributed by atoms with Crippen LogP contribution in [0.15, 0.2) is 54.9 Å². The lowest BCUT2D eigenvalue weighted by molar-refractivity contribution is -0.141. The van der Waals surface area contributed by atoms with E-state index in [0.29, 0.717) is 18.7 Å². The summed E-state index contributed by atoms with van der Waals surface area (Å²) >= 11 is 0. The molecule has 1 amide bonds. The number of carbonyl (C=O) groups is 2. The van der Waals surface area contributed by atoms with Crippen LogP contribution in [0.2, 0.25) is 0 Å². The molecule has 1 N–H and O–H groups in total. The Bertz CT molecular complexity index is 1170. The summed E-state index contributed by atoms with van der Waals surface area (Å²) in [4.78, 5) is 31.4. The van der Waals surface area contributed by atoms with Crippen LogP contribution in [0, 0.1) is 5.92 Å². The van der Waals surface area contributed by atoms with Gasteiger partial charge in [-0.1, -0.05) is 37.3 Å². The van der Waals surface area contributed by atoms with E-state index >= 15 is 0 Å². The molecule has 0 radical (unpaired) electrons. The molecule has 2 unspecified atom stereocenters. The molecule has 3 aromatic rings. The van der Waals surface area contributed by atoms with Gasteiger partial charge in [0.15, 0.2) is 0 Å². The third-order valence-electron chi connectivity index (χ3n) is 6.57. The number of ether oxygens (including phenoxy) is 2. The molecule has 2 atom stereocenters. The quantitative estimate of drug-likeness (QED) is 0.374. The second kappa shape index (κ2) is 10.5. The number of hydrogen-bond donors (Lipinski definition) is 1. The minimum Gasteiger partial charge on any atom is -0.450 e. The molecule has 34 heavy (non-hydrogen) atoms. The van der Waals surface area contributed by atoms with Crippen LogP contribution in [0.4, 0.5) is 10.5 Å². The van der Waals surface area contributed by atoms with E-state index in [4.69, 9.17) is 9.47 Å². The summed E-state index contributed by atoms with van der Waals surface area (Å²) in [7, 11) is 0. The van der Waals surface area contributed by atoms with E-state index in [1.54, 1.807) is 12.4 Å². The first kappa shape index (κ1) is 23.5. The number of rotatable bonds is 8. The smallest absolute Gasteiger partial charge is 0.407 e. The van der Waals surface area contributed by atoms with Gasteiger partial charge in [-0.3, -0.25) is 9.78 Å². The van der Waals surface area contributed by atoms with Crippen LogP contribution in [0.3, 0.4) is 0 Å². The fourth-order valence-corrected chi connectivity index (χ4v) is 4.56. The first-order chi connectivity index (χ1) is 16.5. The zero-order valence-electron chi connectivity index (χ0n) is 19.9. The number of benzene rings is 2. The van der Waals surface area contributed by atoms with E-state index in [-0.39, 0.29) is 24.4 Å². The molecular formula is C27H31N3O4. The van der Waals surface area contributed by atoms with Gasteiger partial charge in [-0.2, -0.15) is 0 Å². The molecule has 2 heterocycles. The Labute approximate surface area is 200 Å². The normalized spacial score (nSPS) is 17.1. The third kappa shape index (κ3) is 4.98. The van der Waals surface area contributed by atoms with Crippen molar-refractivity contribution in [1.29, 1.82) is 0 Å². The van der Waals surface area contributed by atoms with Crippen molar-refractivity contribution in [2.75, 3.05) is 24.6 Å². The molecule has 0 saturated carbocycles. The van der Waals surface area contributed by atoms with Crippen LogP contribution in [0.5, 0.6) is 5.75 Å². The van der Waals surface area contributed by atoms with Gasteiger partial charge in [-0.05, 0) is 48.8 Å². The number of hydrogen-bond acceptors (Lipinski definition) is 6. The Morgan fingerprint density at radius 2 is 1.94 bits per heavy atom. The monoisotopic (exact) mass is 461 g/mol. The van der Waals surface area contributed by atoms with Gasteiger partial charge in [-0.15, -0.1) is 0 Å². The highest BCUT2D eigenvalue weighted by Crippen LogP contribution is 2.40. The largest absolute Gasteiger partial charge is 0.450 e. The number of fused-ring (bicyclic) bond motifs is 2. The molecular weight excluding hydrogens is 430 g/mol. The van der Waals surface area contributed by atoms with Crippen LogP contribution in [-0.2, 0) is 16.1 Å². The number of carbonyl (C=O) groups excluding carboxylic acids is 2. The molecule has 2 aromatic carbocycles. The lowest BCUT2D eigenvalue weighted by Gasteiger charge is -2.31. The number of nitrogens with one attached hydrogen (secondary N) is 1. The molecule has 1 aromatic heterocycles. The molecule has 7 heteroatoms. The standard InChI is InChI=1S/C27H31N3O4/c1-4-30(5-2)21-10-11-22-18(3)23(26(31)34-25(22)14-21)12-13-33-27(32)29-17-20-16-28-15-19-8-6-7-9-24(19)20/h6-11,14-16,18,23H,4-5,12-13,17H2,1-3H3,(H,29,32). The van der Waals surface area contributed by atoms with Crippen LogP contribution >= 0.6 is 0 Å². The summed E-state index contributed by atoms with van der Waals surface area (Å²) in [6.45, 7) is 8.45. The maximum absolute atomic E-state index is 12.7. The fourth-order valence-electron chi connectivity index (χ4n) is 4.56. The number of esters is 1. The van der Waals surface area contributed by atoms with E-state index in [0.717, 1.165) is 40.7 Å². The summed E-state index contributed by atoms with van der Waals surface area (Å²) in [5.74, 6) is -0.0275. The molecule has 1 aliphatic heterocycles. The van der Waals surface area contributed by atoms with E-state index in [1.807, 2.05) is 43.3 Å². The molecule has 1 aliphatic rings. The van der Waals surface area contributed by atoms with Gasteiger partial charge in [0, 0.05) is 49.2 Å². The first-order valence-electron chi connectivity index (χ1n) is 11.8. The zero-order valence-corrected chi connectivity index (χ0v) is 19.9. The number of amides is 1.